The molecule has 0 aromatic heterocycles. The van der Waals surface area contributed by atoms with E-state index >= 15 is 0 Å². The van der Waals surface area contributed by atoms with Gasteiger partial charge in [0.1, 0.15) is 5.75 Å². The van der Waals surface area contributed by atoms with Crippen LogP contribution in [-0.4, -0.2) is 61.1 Å². The Labute approximate surface area is 146 Å². The number of nitrogens with zero attached hydrogens (tertiary/aromatic N) is 2. The number of anilines is 1. The van der Waals surface area contributed by atoms with E-state index in [4.69, 9.17) is 0 Å². The normalized spacial score (nSPS) is 20.1. The van der Waals surface area contributed by atoms with E-state index in [1.165, 1.54) is 31.7 Å². The first kappa shape index (κ1) is 18.1. The van der Waals surface area contributed by atoms with Crippen molar-refractivity contribution in [3.8, 4) is 5.75 Å². The number of amides is 1. The average Bonchev–Trinajstić information content (AvgIpc) is 3.11. The Morgan fingerprint density at radius 1 is 1.16 bits per heavy atom. The summed E-state index contributed by atoms with van der Waals surface area (Å²) in [5.74, 6) is -0.225. The van der Waals surface area contributed by atoms with Gasteiger partial charge in [-0.05, 0) is 25.0 Å². The fraction of sp³-hybridized carbons (Fsp3) is 0.611. The van der Waals surface area contributed by atoms with Gasteiger partial charge in [-0.3, -0.25) is 14.6 Å². The summed E-state index contributed by atoms with van der Waals surface area (Å²) in [5, 5.41) is 2.68. The number of nitrogens with one attached hydrogen (secondary N) is 1. The van der Waals surface area contributed by atoms with Crippen LogP contribution in [0.5, 0.6) is 5.75 Å². The number of rotatable bonds is 6. The lowest BCUT2D eigenvalue weighted by Gasteiger charge is -2.37. The lowest BCUT2D eigenvalue weighted by molar-refractivity contribution is -0.117. The summed E-state index contributed by atoms with van der Waals surface area (Å²) in [4.78, 5) is 16.9. The van der Waals surface area contributed by atoms with E-state index in [-0.39, 0.29) is 23.9 Å². The topological polar surface area (TPSA) is 44.8 Å². The van der Waals surface area contributed by atoms with Crippen LogP contribution in [0.1, 0.15) is 25.7 Å². The van der Waals surface area contributed by atoms with Gasteiger partial charge in [0.05, 0.1) is 12.2 Å². The minimum Gasteiger partial charge on any atom is -0.433 e. The minimum atomic E-state index is -2.92. The first-order valence-corrected chi connectivity index (χ1v) is 8.92. The van der Waals surface area contributed by atoms with Gasteiger partial charge in [0.15, 0.2) is 0 Å². The van der Waals surface area contributed by atoms with Gasteiger partial charge < -0.3 is 10.1 Å². The van der Waals surface area contributed by atoms with E-state index in [9.17, 15) is 13.6 Å². The Morgan fingerprint density at radius 2 is 1.84 bits per heavy atom. The number of para-hydroxylation sites is 2. The number of alkyl halides is 2. The fourth-order valence-corrected chi connectivity index (χ4v) is 3.72. The number of piperazine rings is 1. The summed E-state index contributed by atoms with van der Waals surface area (Å²) in [6, 6.07) is 6.97. The molecule has 0 spiro atoms. The maximum Gasteiger partial charge on any atom is 0.387 e. The molecule has 1 saturated heterocycles. The fourth-order valence-electron chi connectivity index (χ4n) is 3.72. The second-order valence-corrected chi connectivity index (χ2v) is 6.67. The van der Waals surface area contributed by atoms with Crippen molar-refractivity contribution in [2.75, 3.05) is 38.0 Å². The van der Waals surface area contributed by atoms with E-state index in [2.05, 4.69) is 19.9 Å². The summed E-state index contributed by atoms with van der Waals surface area (Å²) in [6.07, 6.45) is 5.24. The molecule has 1 N–H and O–H groups in total. The van der Waals surface area contributed by atoms with Gasteiger partial charge in [0.2, 0.25) is 5.91 Å². The van der Waals surface area contributed by atoms with Crippen molar-refractivity contribution < 1.29 is 18.3 Å². The van der Waals surface area contributed by atoms with Gasteiger partial charge in [-0.1, -0.05) is 25.0 Å². The molecule has 2 aliphatic rings. The third-order valence-corrected chi connectivity index (χ3v) is 4.99. The summed E-state index contributed by atoms with van der Waals surface area (Å²) >= 11 is 0. The molecule has 5 nitrogen and oxygen atoms in total. The zero-order valence-corrected chi connectivity index (χ0v) is 14.3. The lowest BCUT2D eigenvalue weighted by atomic mass is 10.2. The Hall–Kier alpha value is -1.73. The Kier molecular flexibility index (Phi) is 6.20. The van der Waals surface area contributed by atoms with E-state index in [0.29, 0.717) is 6.04 Å². The summed E-state index contributed by atoms with van der Waals surface area (Å²) < 4.78 is 29.3. The largest absolute Gasteiger partial charge is 0.433 e. The molecule has 0 unspecified atom stereocenters. The average molecular weight is 353 g/mol. The van der Waals surface area contributed by atoms with Gasteiger partial charge in [-0.15, -0.1) is 0 Å². The van der Waals surface area contributed by atoms with E-state index in [1.54, 1.807) is 18.2 Å². The SMILES string of the molecule is O=C(CN1CCN(C2CCCC2)CC1)Nc1ccccc1OC(F)F. The second kappa shape index (κ2) is 8.58. The molecule has 1 aliphatic carbocycles. The Balaban J connectivity index is 1.47. The van der Waals surface area contributed by atoms with Crippen LogP contribution in [0.2, 0.25) is 0 Å². The first-order valence-electron chi connectivity index (χ1n) is 8.92. The quantitative estimate of drug-likeness (QED) is 0.854. The van der Waals surface area contributed by atoms with Crippen LogP contribution in [0.3, 0.4) is 0 Å². The van der Waals surface area contributed by atoms with Crippen molar-refractivity contribution in [1.29, 1.82) is 0 Å². The van der Waals surface area contributed by atoms with Crippen LogP contribution in [0.15, 0.2) is 24.3 Å². The summed E-state index contributed by atoms with van der Waals surface area (Å²) in [5.41, 5.74) is 0.275. The number of hydrogen-bond donors (Lipinski definition) is 1. The Morgan fingerprint density at radius 3 is 2.52 bits per heavy atom. The van der Waals surface area contributed by atoms with Crippen LogP contribution in [0.4, 0.5) is 14.5 Å². The molecule has 0 bridgehead atoms. The van der Waals surface area contributed by atoms with E-state index in [0.717, 1.165) is 26.2 Å². The molecule has 3 rings (SSSR count). The highest BCUT2D eigenvalue weighted by Gasteiger charge is 2.26. The van der Waals surface area contributed by atoms with Crippen LogP contribution in [0, 0.1) is 0 Å². The Bertz CT molecular complexity index is 571. The van der Waals surface area contributed by atoms with Gasteiger partial charge >= 0.3 is 6.61 Å². The number of hydrogen-bond acceptors (Lipinski definition) is 4. The van der Waals surface area contributed by atoms with Gasteiger partial charge in [0, 0.05) is 32.2 Å². The van der Waals surface area contributed by atoms with Crippen LogP contribution in [0.25, 0.3) is 0 Å². The predicted molar refractivity (Wildman–Crippen MR) is 92.0 cm³/mol. The van der Waals surface area contributed by atoms with Crippen LogP contribution >= 0.6 is 0 Å². The zero-order valence-electron chi connectivity index (χ0n) is 14.3. The lowest BCUT2D eigenvalue weighted by Crippen LogP contribution is -2.51. The highest BCUT2D eigenvalue weighted by molar-refractivity contribution is 5.93. The third kappa shape index (κ3) is 5.12. The molecule has 1 amide bonds. The van der Waals surface area contributed by atoms with Crippen molar-refractivity contribution in [2.24, 2.45) is 0 Å². The number of halogens is 2. The maximum atomic E-state index is 12.4. The van der Waals surface area contributed by atoms with E-state index in [1.807, 2.05) is 0 Å². The molecule has 1 saturated carbocycles. The molecule has 1 aromatic carbocycles. The monoisotopic (exact) mass is 353 g/mol. The van der Waals surface area contributed by atoms with Gasteiger partial charge in [-0.2, -0.15) is 8.78 Å². The van der Waals surface area contributed by atoms with Gasteiger partial charge in [-0.25, -0.2) is 0 Å². The van der Waals surface area contributed by atoms with Crippen molar-refractivity contribution in [1.82, 2.24) is 9.80 Å². The number of carbonyl (C=O) groups excluding carboxylic acids is 1. The second-order valence-electron chi connectivity index (χ2n) is 6.67. The molecule has 138 valence electrons. The molecule has 1 heterocycles. The molecule has 0 radical (unpaired) electrons. The molecule has 0 atom stereocenters. The molecule has 1 aliphatic heterocycles. The number of benzene rings is 1. The molecular formula is C18H25F2N3O2. The number of ether oxygens (including phenoxy) is 1. The molecule has 2 fully saturated rings. The van der Waals surface area contributed by atoms with Crippen LogP contribution in [-0.2, 0) is 4.79 Å². The number of carbonyl (C=O) groups is 1. The minimum absolute atomic E-state index is 0.0168. The molecular weight excluding hydrogens is 328 g/mol. The molecule has 25 heavy (non-hydrogen) atoms. The van der Waals surface area contributed by atoms with Crippen molar-refractivity contribution in [2.45, 2.75) is 38.3 Å². The summed E-state index contributed by atoms with van der Waals surface area (Å²) in [6.45, 7) is 1.05. The van der Waals surface area contributed by atoms with E-state index < -0.39 is 6.61 Å². The van der Waals surface area contributed by atoms with Gasteiger partial charge in [0.25, 0.3) is 0 Å². The molecule has 7 heteroatoms. The smallest absolute Gasteiger partial charge is 0.387 e. The first-order chi connectivity index (χ1) is 12.1. The van der Waals surface area contributed by atoms with Crippen molar-refractivity contribution in [3.63, 3.8) is 0 Å². The zero-order chi connectivity index (χ0) is 17.6. The third-order valence-electron chi connectivity index (χ3n) is 4.99. The molecule has 1 aromatic rings. The highest BCUT2D eigenvalue weighted by Crippen LogP contribution is 2.26. The maximum absolute atomic E-state index is 12.4. The predicted octanol–water partition coefficient (Wildman–Crippen LogP) is 2.79. The highest BCUT2D eigenvalue weighted by atomic mass is 19.3. The van der Waals surface area contributed by atoms with Crippen molar-refractivity contribution in [3.05, 3.63) is 24.3 Å². The van der Waals surface area contributed by atoms with Crippen molar-refractivity contribution >= 4 is 11.6 Å². The summed E-state index contributed by atoms with van der Waals surface area (Å²) in [7, 11) is 0. The van der Waals surface area contributed by atoms with Crippen LogP contribution < -0.4 is 10.1 Å². The standard InChI is InChI=1S/C18H25F2N3O2/c19-18(20)25-16-8-4-3-7-15(16)21-17(24)13-22-9-11-23(12-10-22)14-5-1-2-6-14/h3-4,7-8,14,18H,1-2,5-6,9-13H2,(H,21,24).